The standard InChI is InChI=1S/C18H20F2N6/c1-13(17-23-14-4-2-3-5-15(14)26(17)18(19)20)24-8-10-25(11-9-24)16-12-21-6-7-22-16/h2-7,12-13,18H,8-11H2,1H3/t13-/m0/s1. The van der Waals surface area contributed by atoms with Crippen LogP contribution in [-0.2, 0) is 0 Å². The summed E-state index contributed by atoms with van der Waals surface area (Å²) in [6.45, 7) is 2.39. The van der Waals surface area contributed by atoms with Gasteiger partial charge in [0, 0.05) is 38.6 Å². The van der Waals surface area contributed by atoms with Gasteiger partial charge in [-0.15, -0.1) is 0 Å². The van der Waals surface area contributed by atoms with Crippen LogP contribution in [0.3, 0.4) is 0 Å². The number of imidazole rings is 1. The van der Waals surface area contributed by atoms with E-state index in [2.05, 4.69) is 24.8 Å². The molecule has 1 fully saturated rings. The fraction of sp³-hybridized carbons (Fsp3) is 0.389. The van der Waals surface area contributed by atoms with Crippen LogP contribution in [-0.4, -0.2) is 50.6 Å². The third-order valence-electron chi connectivity index (χ3n) is 4.93. The average Bonchev–Trinajstić information content (AvgIpc) is 3.08. The Hall–Kier alpha value is -2.61. The van der Waals surface area contributed by atoms with Gasteiger partial charge in [-0.2, -0.15) is 8.78 Å². The highest BCUT2D eigenvalue weighted by molar-refractivity contribution is 5.76. The molecule has 0 N–H and O–H groups in total. The predicted molar refractivity (Wildman–Crippen MR) is 95.2 cm³/mol. The monoisotopic (exact) mass is 358 g/mol. The van der Waals surface area contributed by atoms with Crippen molar-refractivity contribution in [3.05, 3.63) is 48.7 Å². The average molecular weight is 358 g/mol. The fourth-order valence-electron chi connectivity index (χ4n) is 3.52. The molecule has 26 heavy (non-hydrogen) atoms. The molecule has 0 amide bonds. The first-order valence-corrected chi connectivity index (χ1v) is 8.65. The molecule has 4 rings (SSSR count). The number of para-hydroxylation sites is 2. The molecule has 0 radical (unpaired) electrons. The van der Waals surface area contributed by atoms with Crippen molar-refractivity contribution in [2.45, 2.75) is 19.5 Å². The minimum atomic E-state index is -2.61. The van der Waals surface area contributed by atoms with Crippen LogP contribution in [0.2, 0.25) is 0 Å². The maximum Gasteiger partial charge on any atom is 0.320 e. The van der Waals surface area contributed by atoms with E-state index in [9.17, 15) is 8.78 Å². The number of nitrogens with zero attached hydrogens (tertiary/aromatic N) is 6. The molecule has 1 aromatic carbocycles. The lowest BCUT2D eigenvalue weighted by Gasteiger charge is -2.38. The number of piperazine rings is 1. The van der Waals surface area contributed by atoms with E-state index >= 15 is 0 Å². The fourth-order valence-corrected chi connectivity index (χ4v) is 3.52. The van der Waals surface area contributed by atoms with Gasteiger partial charge in [0.15, 0.2) is 0 Å². The first kappa shape index (κ1) is 16.8. The quantitative estimate of drug-likeness (QED) is 0.717. The highest BCUT2D eigenvalue weighted by Gasteiger charge is 2.28. The largest absolute Gasteiger partial charge is 0.353 e. The Labute approximate surface area is 150 Å². The van der Waals surface area contributed by atoms with Crippen LogP contribution in [0.4, 0.5) is 14.6 Å². The van der Waals surface area contributed by atoms with Gasteiger partial charge in [0.2, 0.25) is 0 Å². The number of alkyl halides is 2. The van der Waals surface area contributed by atoms with Gasteiger partial charge in [-0.1, -0.05) is 12.1 Å². The molecular weight excluding hydrogens is 338 g/mol. The molecule has 0 unspecified atom stereocenters. The summed E-state index contributed by atoms with van der Waals surface area (Å²) < 4.78 is 28.4. The lowest BCUT2D eigenvalue weighted by atomic mass is 10.2. The Morgan fingerprint density at radius 2 is 1.81 bits per heavy atom. The van der Waals surface area contributed by atoms with Gasteiger partial charge in [-0.25, -0.2) is 9.97 Å². The molecule has 6 nitrogen and oxygen atoms in total. The molecular formula is C18H20F2N6. The predicted octanol–water partition coefficient (Wildman–Crippen LogP) is 3.10. The second-order valence-electron chi connectivity index (χ2n) is 6.37. The van der Waals surface area contributed by atoms with Gasteiger partial charge in [0.05, 0.1) is 23.3 Å². The van der Waals surface area contributed by atoms with Crippen molar-refractivity contribution in [3.63, 3.8) is 0 Å². The number of anilines is 1. The number of aromatic nitrogens is 4. The first-order valence-electron chi connectivity index (χ1n) is 8.65. The second kappa shape index (κ2) is 6.95. The van der Waals surface area contributed by atoms with E-state index in [-0.39, 0.29) is 6.04 Å². The summed E-state index contributed by atoms with van der Waals surface area (Å²) in [5.74, 6) is 1.26. The molecule has 3 aromatic rings. The number of benzene rings is 1. The number of halogens is 2. The summed E-state index contributed by atoms with van der Waals surface area (Å²) >= 11 is 0. The first-order chi connectivity index (χ1) is 12.6. The molecule has 1 aliphatic heterocycles. The zero-order chi connectivity index (χ0) is 18.1. The Morgan fingerprint density at radius 1 is 1.04 bits per heavy atom. The second-order valence-corrected chi connectivity index (χ2v) is 6.37. The van der Waals surface area contributed by atoms with Crippen molar-refractivity contribution in [2.75, 3.05) is 31.1 Å². The molecule has 3 heterocycles. The minimum absolute atomic E-state index is 0.194. The molecule has 1 saturated heterocycles. The maximum atomic E-state index is 13.7. The summed E-state index contributed by atoms with van der Waals surface area (Å²) in [7, 11) is 0. The van der Waals surface area contributed by atoms with Crippen molar-refractivity contribution < 1.29 is 8.78 Å². The molecule has 0 bridgehead atoms. The molecule has 1 aliphatic rings. The SMILES string of the molecule is C[C@@H](c1nc2ccccc2n1C(F)F)N1CCN(c2cnccn2)CC1. The molecule has 136 valence electrons. The number of rotatable bonds is 4. The van der Waals surface area contributed by atoms with Gasteiger partial charge in [-0.05, 0) is 19.1 Å². The molecule has 0 aliphatic carbocycles. The van der Waals surface area contributed by atoms with Crippen LogP contribution in [0.5, 0.6) is 0 Å². The zero-order valence-corrected chi connectivity index (χ0v) is 14.5. The number of fused-ring (bicyclic) bond motifs is 1. The van der Waals surface area contributed by atoms with E-state index in [1.807, 2.05) is 13.0 Å². The Bertz CT molecular complexity index is 874. The van der Waals surface area contributed by atoms with Gasteiger partial charge in [-0.3, -0.25) is 14.5 Å². The van der Waals surface area contributed by atoms with E-state index in [0.29, 0.717) is 16.9 Å². The van der Waals surface area contributed by atoms with E-state index in [1.54, 1.807) is 36.8 Å². The van der Waals surface area contributed by atoms with Crippen LogP contribution in [0, 0.1) is 0 Å². The highest BCUT2D eigenvalue weighted by Crippen LogP contribution is 2.30. The summed E-state index contributed by atoms with van der Waals surface area (Å²) in [6, 6.07) is 6.85. The number of hydrogen-bond acceptors (Lipinski definition) is 5. The summed E-state index contributed by atoms with van der Waals surface area (Å²) in [4.78, 5) is 17.3. The number of hydrogen-bond donors (Lipinski definition) is 0. The van der Waals surface area contributed by atoms with Crippen LogP contribution in [0.25, 0.3) is 11.0 Å². The van der Waals surface area contributed by atoms with Crippen molar-refractivity contribution in [1.82, 2.24) is 24.4 Å². The van der Waals surface area contributed by atoms with Gasteiger partial charge < -0.3 is 4.90 Å². The van der Waals surface area contributed by atoms with Crippen LogP contribution >= 0.6 is 0 Å². The van der Waals surface area contributed by atoms with Gasteiger partial charge in [0.1, 0.15) is 11.6 Å². The smallest absolute Gasteiger partial charge is 0.320 e. The van der Waals surface area contributed by atoms with Crippen LogP contribution in [0.1, 0.15) is 25.3 Å². The van der Waals surface area contributed by atoms with Gasteiger partial charge in [0.25, 0.3) is 0 Å². The van der Waals surface area contributed by atoms with Crippen LogP contribution in [0.15, 0.2) is 42.9 Å². The molecule has 8 heteroatoms. The summed E-state index contributed by atoms with van der Waals surface area (Å²) in [5.41, 5.74) is 1.08. The Morgan fingerprint density at radius 3 is 2.50 bits per heavy atom. The molecule has 0 spiro atoms. The van der Waals surface area contributed by atoms with Crippen LogP contribution < -0.4 is 4.90 Å². The maximum absolute atomic E-state index is 13.7. The Balaban J connectivity index is 1.55. The van der Waals surface area contributed by atoms with Gasteiger partial charge >= 0.3 is 6.55 Å². The lowest BCUT2D eigenvalue weighted by Crippen LogP contribution is -2.47. The van der Waals surface area contributed by atoms with E-state index in [1.165, 1.54) is 0 Å². The van der Waals surface area contributed by atoms with Crippen molar-refractivity contribution in [2.24, 2.45) is 0 Å². The van der Waals surface area contributed by atoms with E-state index in [0.717, 1.165) is 36.6 Å². The normalized spacial score (nSPS) is 17.2. The minimum Gasteiger partial charge on any atom is -0.353 e. The molecule has 2 aromatic heterocycles. The molecule has 0 saturated carbocycles. The third kappa shape index (κ3) is 3.01. The van der Waals surface area contributed by atoms with Crippen molar-refractivity contribution in [1.29, 1.82) is 0 Å². The van der Waals surface area contributed by atoms with E-state index < -0.39 is 6.55 Å². The summed E-state index contributed by atoms with van der Waals surface area (Å²) in [5, 5.41) is 0. The summed E-state index contributed by atoms with van der Waals surface area (Å²) in [6.07, 6.45) is 5.07. The third-order valence-corrected chi connectivity index (χ3v) is 4.93. The van der Waals surface area contributed by atoms with Crippen molar-refractivity contribution in [3.8, 4) is 0 Å². The van der Waals surface area contributed by atoms with E-state index in [4.69, 9.17) is 0 Å². The lowest BCUT2D eigenvalue weighted by molar-refractivity contribution is 0.0641. The topological polar surface area (TPSA) is 50.1 Å². The zero-order valence-electron chi connectivity index (χ0n) is 14.5. The molecule has 1 atom stereocenters. The van der Waals surface area contributed by atoms with Crippen molar-refractivity contribution >= 4 is 16.9 Å². The Kier molecular flexibility index (Phi) is 4.50. The highest BCUT2D eigenvalue weighted by atomic mass is 19.3.